The normalized spacial score (nSPS) is 13.4. The third kappa shape index (κ3) is 6.77. The van der Waals surface area contributed by atoms with Gasteiger partial charge in [0.05, 0.1) is 11.1 Å². The van der Waals surface area contributed by atoms with E-state index < -0.39 is 0 Å². The zero-order valence-electron chi connectivity index (χ0n) is 18.2. The number of hydrogen-bond acceptors (Lipinski definition) is 4. The summed E-state index contributed by atoms with van der Waals surface area (Å²) >= 11 is 8.72. The zero-order valence-corrected chi connectivity index (χ0v) is 20.6. The smallest absolute Gasteiger partial charge is 0.257 e. The molecule has 6 nitrogen and oxygen atoms in total. The van der Waals surface area contributed by atoms with E-state index in [2.05, 4.69) is 33.5 Å². The lowest BCUT2D eigenvalue weighted by Gasteiger charge is -2.26. The molecule has 2 N–H and O–H groups in total. The number of hydrogen-bond donors (Lipinski definition) is 2. The van der Waals surface area contributed by atoms with Gasteiger partial charge < -0.3 is 15.0 Å². The summed E-state index contributed by atoms with van der Waals surface area (Å²) in [6.07, 6.45) is 5.33. The molecule has 0 aliphatic carbocycles. The van der Waals surface area contributed by atoms with E-state index in [4.69, 9.17) is 17.0 Å². The highest BCUT2D eigenvalue weighted by atomic mass is 79.9. The van der Waals surface area contributed by atoms with Crippen LogP contribution in [-0.2, 0) is 0 Å². The van der Waals surface area contributed by atoms with Crippen molar-refractivity contribution in [3.63, 3.8) is 0 Å². The van der Waals surface area contributed by atoms with Crippen LogP contribution in [0.5, 0.6) is 5.75 Å². The van der Waals surface area contributed by atoms with Crippen LogP contribution in [0.3, 0.4) is 0 Å². The molecule has 0 aromatic heterocycles. The van der Waals surface area contributed by atoms with Gasteiger partial charge in [0.2, 0.25) is 0 Å². The van der Waals surface area contributed by atoms with Crippen molar-refractivity contribution in [1.29, 1.82) is 0 Å². The van der Waals surface area contributed by atoms with E-state index in [0.717, 1.165) is 38.8 Å². The van der Waals surface area contributed by atoms with Gasteiger partial charge in [-0.25, -0.2) is 0 Å². The Labute approximate surface area is 202 Å². The van der Waals surface area contributed by atoms with Crippen LogP contribution in [0.4, 0.5) is 5.69 Å². The zero-order chi connectivity index (χ0) is 22.9. The summed E-state index contributed by atoms with van der Waals surface area (Å²) in [7, 11) is 0. The molecule has 1 heterocycles. The minimum Gasteiger partial charge on any atom is -0.492 e. The van der Waals surface area contributed by atoms with Gasteiger partial charge in [-0.1, -0.05) is 13.3 Å². The molecule has 2 aromatic carbocycles. The average molecular weight is 518 g/mol. The third-order valence-corrected chi connectivity index (χ3v) is 6.03. The van der Waals surface area contributed by atoms with Crippen molar-refractivity contribution in [3.8, 4) is 5.75 Å². The van der Waals surface area contributed by atoms with E-state index >= 15 is 0 Å². The maximum absolute atomic E-state index is 12.6. The van der Waals surface area contributed by atoms with Crippen molar-refractivity contribution in [1.82, 2.24) is 10.2 Å². The van der Waals surface area contributed by atoms with Gasteiger partial charge in [0.15, 0.2) is 5.11 Å². The Kier molecular flexibility index (Phi) is 9.05. The highest BCUT2D eigenvalue weighted by molar-refractivity contribution is 9.10. The number of thiocarbonyl (C=S) groups is 1. The first-order valence-corrected chi connectivity index (χ1v) is 12.1. The minimum atomic E-state index is -0.319. The number of likely N-dealkylation sites (tertiary alicyclic amines) is 1. The summed E-state index contributed by atoms with van der Waals surface area (Å²) in [6, 6.07) is 12.3. The predicted octanol–water partition coefficient (Wildman–Crippen LogP) is 5.38. The van der Waals surface area contributed by atoms with Crippen molar-refractivity contribution in [3.05, 3.63) is 58.1 Å². The number of carbonyl (C=O) groups excluding carboxylic acids is 2. The van der Waals surface area contributed by atoms with Crippen molar-refractivity contribution in [2.24, 2.45) is 0 Å². The summed E-state index contributed by atoms with van der Waals surface area (Å²) in [5.74, 6) is 0.440. The number of unbranched alkanes of at least 4 members (excludes halogenated alkanes) is 1. The Morgan fingerprint density at radius 1 is 1.06 bits per heavy atom. The van der Waals surface area contributed by atoms with Gasteiger partial charge in [-0.15, -0.1) is 0 Å². The summed E-state index contributed by atoms with van der Waals surface area (Å²) in [6.45, 7) is 4.37. The topological polar surface area (TPSA) is 70.7 Å². The Morgan fingerprint density at radius 3 is 2.41 bits per heavy atom. The van der Waals surface area contributed by atoms with Crippen molar-refractivity contribution in [2.75, 3.05) is 25.0 Å². The van der Waals surface area contributed by atoms with E-state index in [1.54, 1.807) is 42.5 Å². The molecule has 2 aromatic rings. The predicted molar refractivity (Wildman–Crippen MR) is 134 cm³/mol. The van der Waals surface area contributed by atoms with E-state index in [0.29, 0.717) is 33.6 Å². The van der Waals surface area contributed by atoms with E-state index in [9.17, 15) is 9.59 Å². The number of carbonyl (C=O) groups is 2. The standard InChI is InChI=1S/C24H28BrN3O3S/c1-2-3-15-31-21-12-9-18(16-20(21)25)22(29)27-24(32)26-19-10-7-17(8-11-19)23(30)28-13-5-4-6-14-28/h7-12,16H,2-6,13-15H2,1H3,(H2,26,27,29,32). The number of nitrogens with one attached hydrogen (secondary N) is 2. The van der Waals surface area contributed by atoms with Crippen LogP contribution in [0.2, 0.25) is 0 Å². The lowest BCUT2D eigenvalue weighted by molar-refractivity contribution is 0.0724. The number of nitrogens with zero attached hydrogens (tertiary/aromatic N) is 1. The number of halogens is 1. The summed E-state index contributed by atoms with van der Waals surface area (Å²) in [5, 5.41) is 5.85. The Balaban J connectivity index is 1.53. The molecule has 1 saturated heterocycles. The van der Waals surface area contributed by atoms with Crippen LogP contribution < -0.4 is 15.4 Å². The molecule has 0 unspecified atom stereocenters. The Bertz CT molecular complexity index is 959. The molecule has 0 bridgehead atoms. The molecule has 3 rings (SSSR count). The summed E-state index contributed by atoms with van der Waals surface area (Å²) < 4.78 is 6.41. The molecular formula is C24H28BrN3O3S. The molecule has 0 spiro atoms. The first-order valence-electron chi connectivity index (χ1n) is 10.9. The third-order valence-electron chi connectivity index (χ3n) is 5.21. The summed E-state index contributed by atoms with van der Waals surface area (Å²) in [5.41, 5.74) is 1.82. The second kappa shape index (κ2) is 12.0. The first-order chi connectivity index (χ1) is 15.5. The van der Waals surface area contributed by atoms with Crippen LogP contribution in [0.1, 0.15) is 59.7 Å². The molecule has 1 fully saturated rings. The van der Waals surface area contributed by atoms with Crippen molar-refractivity contribution < 1.29 is 14.3 Å². The molecule has 0 radical (unpaired) electrons. The van der Waals surface area contributed by atoms with Gasteiger partial charge in [-0.05, 0) is 96.3 Å². The average Bonchev–Trinajstić information content (AvgIpc) is 2.80. The van der Waals surface area contributed by atoms with Crippen LogP contribution >= 0.6 is 28.1 Å². The number of anilines is 1. The molecule has 0 atom stereocenters. The van der Waals surface area contributed by atoms with Gasteiger partial charge in [0.1, 0.15) is 5.75 Å². The summed E-state index contributed by atoms with van der Waals surface area (Å²) in [4.78, 5) is 27.0. The first kappa shape index (κ1) is 24.2. The van der Waals surface area contributed by atoms with E-state index in [1.807, 2.05) is 4.90 Å². The van der Waals surface area contributed by atoms with Gasteiger partial charge in [-0.2, -0.15) is 0 Å². The van der Waals surface area contributed by atoms with Crippen LogP contribution in [0.25, 0.3) is 0 Å². The fraction of sp³-hybridized carbons (Fsp3) is 0.375. The molecule has 0 saturated carbocycles. The number of ether oxygens (including phenoxy) is 1. The van der Waals surface area contributed by atoms with Crippen LogP contribution in [0, 0.1) is 0 Å². The highest BCUT2D eigenvalue weighted by Gasteiger charge is 2.18. The largest absolute Gasteiger partial charge is 0.492 e. The Hall–Kier alpha value is -2.45. The SMILES string of the molecule is CCCCOc1ccc(C(=O)NC(=S)Nc2ccc(C(=O)N3CCCCC3)cc2)cc1Br. The Morgan fingerprint density at radius 2 is 1.75 bits per heavy atom. The van der Waals surface area contributed by atoms with E-state index in [-0.39, 0.29) is 16.9 Å². The fourth-order valence-corrected chi connectivity index (χ4v) is 4.10. The molecule has 1 aliphatic heterocycles. The molecule has 2 amide bonds. The molecule has 32 heavy (non-hydrogen) atoms. The van der Waals surface area contributed by atoms with Crippen LogP contribution in [-0.4, -0.2) is 41.5 Å². The number of piperidine rings is 1. The maximum atomic E-state index is 12.6. The van der Waals surface area contributed by atoms with Gasteiger partial charge in [-0.3, -0.25) is 14.9 Å². The van der Waals surface area contributed by atoms with Crippen LogP contribution in [0.15, 0.2) is 46.9 Å². The second-order valence-electron chi connectivity index (χ2n) is 7.69. The van der Waals surface area contributed by atoms with Crippen molar-refractivity contribution >= 4 is 50.8 Å². The quantitative estimate of drug-likeness (QED) is 0.381. The number of rotatable bonds is 7. The minimum absolute atomic E-state index is 0.0554. The lowest BCUT2D eigenvalue weighted by Crippen LogP contribution is -2.35. The molecule has 8 heteroatoms. The second-order valence-corrected chi connectivity index (χ2v) is 8.95. The number of amides is 2. The molecule has 1 aliphatic rings. The monoisotopic (exact) mass is 517 g/mol. The van der Waals surface area contributed by atoms with Gasteiger partial charge in [0, 0.05) is 29.9 Å². The maximum Gasteiger partial charge on any atom is 0.257 e. The lowest BCUT2D eigenvalue weighted by atomic mass is 10.1. The number of benzene rings is 2. The molecular weight excluding hydrogens is 490 g/mol. The van der Waals surface area contributed by atoms with Gasteiger partial charge in [0.25, 0.3) is 11.8 Å². The van der Waals surface area contributed by atoms with Gasteiger partial charge >= 0.3 is 0 Å². The van der Waals surface area contributed by atoms with Crippen molar-refractivity contribution in [2.45, 2.75) is 39.0 Å². The molecule has 170 valence electrons. The fourth-order valence-electron chi connectivity index (χ4n) is 3.40. The van der Waals surface area contributed by atoms with E-state index in [1.165, 1.54) is 6.42 Å². The highest BCUT2D eigenvalue weighted by Crippen LogP contribution is 2.26.